The maximum atomic E-state index is 16.5. The maximum absolute atomic E-state index is 16.5. The van der Waals surface area contributed by atoms with Gasteiger partial charge in [-0.25, -0.2) is 19.6 Å². The van der Waals surface area contributed by atoms with Crippen LogP contribution in [0, 0.1) is 5.92 Å². The van der Waals surface area contributed by atoms with Gasteiger partial charge >= 0.3 is 12.2 Å². The summed E-state index contributed by atoms with van der Waals surface area (Å²) in [6.07, 6.45) is 4.80. The van der Waals surface area contributed by atoms with Crippen LogP contribution in [0.4, 0.5) is 18.4 Å². The minimum absolute atomic E-state index is 0.0768. The van der Waals surface area contributed by atoms with Gasteiger partial charge in [-0.2, -0.15) is 8.78 Å². The molecule has 4 aromatic carbocycles. The molecule has 0 saturated carbocycles. The molecule has 0 radical (unpaired) electrons. The number of likely N-dealkylation sites (tertiary alicyclic amines) is 2. The van der Waals surface area contributed by atoms with Crippen molar-refractivity contribution in [3.8, 4) is 44.8 Å². The van der Waals surface area contributed by atoms with Gasteiger partial charge in [0.1, 0.15) is 23.7 Å². The average molecular weight is 897 g/mol. The van der Waals surface area contributed by atoms with Crippen LogP contribution in [0.25, 0.3) is 44.8 Å². The molecule has 4 heterocycles. The number of benzene rings is 4. The number of alkyl halides is 2. The highest BCUT2D eigenvalue weighted by Crippen LogP contribution is 2.53. The van der Waals surface area contributed by atoms with Gasteiger partial charge in [-0.1, -0.05) is 92.7 Å². The first-order valence-corrected chi connectivity index (χ1v) is 22.1. The molecule has 0 bridgehead atoms. The Labute approximate surface area is 380 Å². The summed E-state index contributed by atoms with van der Waals surface area (Å²) >= 11 is 0. The van der Waals surface area contributed by atoms with E-state index in [2.05, 4.69) is 30.6 Å². The Morgan fingerprint density at radius 3 is 1.74 bits per heavy atom. The number of fused-ring (bicyclic) bond motifs is 3. The van der Waals surface area contributed by atoms with E-state index in [4.69, 9.17) is 9.47 Å². The molecule has 66 heavy (non-hydrogen) atoms. The SMILES string of the molecule is COC(=O)N[C@H](C(=O)N1CCC[C@H]1c1ncc(-c2ccc3c(c2)C(F)(F)c2cc(-c4ccc(-c5cnc([C@@H]6CCCN6C(=O)[C@H](NC(=O)OC)c6ccccc6)[nH]5)cc4)ccc2-3)[nH]1)C(C)C. The number of hydrogen-bond donors (Lipinski definition) is 4. The Balaban J connectivity index is 0.897. The molecule has 4 N–H and O–H groups in total. The smallest absolute Gasteiger partial charge is 0.407 e. The van der Waals surface area contributed by atoms with E-state index in [-0.39, 0.29) is 40.9 Å². The molecule has 4 atom stereocenters. The number of nitrogens with one attached hydrogen (secondary N) is 4. The number of rotatable bonds is 11. The third-order valence-corrected chi connectivity index (χ3v) is 13.0. The fourth-order valence-corrected chi connectivity index (χ4v) is 9.50. The molecular formula is C50H50F2N8O6. The van der Waals surface area contributed by atoms with Crippen molar-refractivity contribution in [2.45, 2.75) is 69.6 Å². The Morgan fingerprint density at radius 2 is 1.17 bits per heavy atom. The van der Waals surface area contributed by atoms with E-state index in [1.54, 1.807) is 58.6 Å². The molecule has 16 heteroatoms. The second kappa shape index (κ2) is 17.9. The highest BCUT2D eigenvalue weighted by molar-refractivity contribution is 5.88. The molecule has 0 unspecified atom stereocenters. The summed E-state index contributed by atoms with van der Waals surface area (Å²) < 4.78 is 42.6. The van der Waals surface area contributed by atoms with Crippen LogP contribution in [-0.2, 0) is 25.0 Å². The van der Waals surface area contributed by atoms with Crippen LogP contribution in [0.2, 0.25) is 0 Å². The molecule has 4 amide bonds. The fourth-order valence-electron chi connectivity index (χ4n) is 9.50. The van der Waals surface area contributed by atoms with Crippen molar-refractivity contribution in [1.29, 1.82) is 0 Å². The third-order valence-electron chi connectivity index (χ3n) is 13.0. The van der Waals surface area contributed by atoms with Crippen LogP contribution in [0.15, 0.2) is 103 Å². The van der Waals surface area contributed by atoms with Gasteiger partial charge in [0.05, 0.1) is 50.1 Å². The van der Waals surface area contributed by atoms with Crippen molar-refractivity contribution < 1.29 is 37.4 Å². The number of aromatic nitrogens is 4. The summed E-state index contributed by atoms with van der Waals surface area (Å²) in [6.45, 7) is 4.70. The van der Waals surface area contributed by atoms with Crippen molar-refractivity contribution >= 4 is 24.0 Å². The first-order valence-electron chi connectivity index (χ1n) is 22.1. The summed E-state index contributed by atoms with van der Waals surface area (Å²) in [5, 5.41) is 5.34. The standard InChI is InChI=1S/C50H50F2N8O6/c1-28(2)42(57-48(63)65-3)46(61)59-22-8-12-40(59)45-54-27-39(56-45)33-19-21-35-34-20-18-32(24-36(34)50(51,52)37(35)25-33)29-14-16-30(17-15-29)38-26-53-44(55-38)41-13-9-23-60(41)47(62)43(58-49(64)66-4)31-10-6-5-7-11-31/h5-7,10-11,14-21,24-28,40-43H,8-9,12-13,22-23H2,1-4H3,(H,53,55)(H,54,56)(H,57,63)(H,58,64)/t40-,41-,42-,43+/m0/s1. The quantitative estimate of drug-likeness (QED) is 0.0997. The molecule has 340 valence electrons. The van der Waals surface area contributed by atoms with Crippen LogP contribution in [0.3, 0.4) is 0 Å². The van der Waals surface area contributed by atoms with Crippen molar-refractivity contribution in [2.24, 2.45) is 5.92 Å². The van der Waals surface area contributed by atoms with Gasteiger partial charge < -0.3 is 39.9 Å². The van der Waals surface area contributed by atoms with Gasteiger partial charge in [0.15, 0.2) is 0 Å². The zero-order chi connectivity index (χ0) is 46.3. The van der Waals surface area contributed by atoms with Crippen molar-refractivity contribution in [3.63, 3.8) is 0 Å². The number of ether oxygens (including phenoxy) is 2. The predicted molar refractivity (Wildman–Crippen MR) is 242 cm³/mol. The largest absolute Gasteiger partial charge is 0.453 e. The number of aromatic amines is 2. The van der Waals surface area contributed by atoms with E-state index in [1.807, 2.05) is 62.4 Å². The number of imidazole rings is 2. The van der Waals surface area contributed by atoms with E-state index in [0.29, 0.717) is 71.1 Å². The van der Waals surface area contributed by atoms with Crippen LogP contribution >= 0.6 is 0 Å². The van der Waals surface area contributed by atoms with E-state index in [9.17, 15) is 19.2 Å². The number of carbonyl (C=O) groups is 4. The lowest BCUT2D eigenvalue weighted by atomic mass is 9.97. The first kappa shape index (κ1) is 43.9. The highest BCUT2D eigenvalue weighted by atomic mass is 19.3. The zero-order valence-electron chi connectivity index (χ0n) is 36.9. The second-order valence-corrected chi connectivity index (χ2v) is 17.3. The Kier molecular flexibility index (Phi) is 11.9. The molecule has 2 aliphatic heterocycles. The van der Waals surface area contributed by atoms with Crippen LogP contribution in [0.1, 0.15) is 86.0 Å². The van der Waals surface area contributed by atoms with Crippen molar-refractivity contribution in [2.75, 3.05) is 27.3 Å². The predicted octanol–water partition coefficient (Wildman–Crippen LogP) is 9.06. The van der Waals surface area contributed by atoms with Gasteiger partial charge in [0.2, 0.25) is 5.91 Å². The van der Waals surface area contributed by atoms with Crippen LogP contribution < -0.4 is 10.6 Å². The number of methoxy groups -OCH3 is 2. The summed E-state index contributed by atoms with van der Waals surface area (Å²) in [4.78, 5) is 71.3. The monoisotopic (exact) mass is 896 g/mol. The number of halogens is 2. The lowest BCUT2D eigenvalue weighted by Crippen LogP contribution is -2.51. The van der Waals surface area contributed by atoms with Gasteiger partial charge in [-0.3, -0.25) is 9.59 Å². The molecular weight excluding hydrogens is 847 g/mol. The Morgan fingerprint density at radius 1 is 0.667 bits per heavy atom. The van der Waals surface area contributed by atoms with Gasteiger partial charge in [0, 0.05) is 29.8 Å². The molecule has 3 aliphatic rings. The van der Waals surface area contributed by atoms with E-state index < -0.39 is 30.2 Å². The topological polar surface area (TPSA) is 175 Å². The number of H-pyrrole nitrogens is 2. The molecule has 14 nitrogen and oxygen atoms in total. The summed E-state index contributed by atoms with van der Waals surface area (Å²) in [5.74, 6) is -2.78. The average Bonchev–Trinajstić information content (AvgIpc) is 4.20. The number of alkyl carbamates (subject to hydrolysis) is 2. The minimum atomic E-state index is -3.27. The lowest BCUT2D eigenvalue weighted by molar-refractivity contribution is -0.135. The van der Waals surface area contributed by atoms with Crippen LogP contribution in [-0.4, -0.2) is 87.1 Å². The van der Waals surface area contributed by atoms with Crippen LogP contribution in [0.5, 0.6) is 0 Å². The molecule has 0 spiro atoms. The van der Waals surface area contributed by atoms with Gasteiger partial charge in [0.25, 0.3) is 11.8 Å². The Hall–Kier alpha value is -7.36. The summed E-state index contributed by atoms with van der Waals surface area (Å²) in [5.41, 5.74) is 5.45. The zero-order valence-corrected chi connectivity index (χ0v) is 36.9. The van der Waals surface area contributed by atoms with E-state index in [0.717, 1.165) is 29.7 Å². The Bertz CT molecular complexity index is 2790. The van der Waals surface area contributed by atoms with Crippen molar-refractivity contribution in [1.82, 2.24) is 40.4 Å². The van der Waals surface area contributed by atoms with Gasteiger partial charge in [-0.05, 0) is 77.1 Å². The van der Waals surface area contributed by atoms with E-state index >= 15 is 8.78 Å². The summed E-state index contributed by atoms with van der Waals surface area (Å²) in [6, 6.07) is 24.4. The summed E-state index contributed by atoms with van der Waals surface area (Å²) in [7, 11) is 2.51. The van der Waals surface area contributed by atoms with Crippen molar-refractivity contribution in [3.05, 3.63) is 132 Å². The second-order valence-electron chi connectivity index (χ2n) is 17.3. The fraction of sp³-hybridized carbons (Fsp3) is 0.320. The number of nitrogens with zero attached hydrogens (tertiary/aromatic N) is 4. The highest BCUT2D eigenvalue weighted by Gasteiger charge is 2.45. The first-order chi connectivity index (χ1) is 31.9. The normalized spacial score (nSPS) is 18.1. The molecule has 6 aromatic rings. The third kappa shape index (κ3) is 8.15. The lowest BCUT2D eigenvalue weighted by Gasteiger charge is -2.30. The molecule has 2 fully saturated rings. The number of hydrogen-bond acceptors (Lipinski definition) is 8. The molecule has 2 saturated heterocycles. The number of amides is 4. The minimum Gasteiger partial charge on any atom is -0.453 e. The molecule has 1 aliphatic carbocycles. The number of carbonyl (C=O) groups excluding carboxylic acids is 4. The molecule has 9 rings (SSSR count). The molecule has 2 aromatic heterocycles. The van der Waals surface area contributed by atoms with Gasteiger partial charge in [-0.15, -0.1) is 0 Å². The maximum Gasteiger partial charge on any atom is 0.407 e. The van der Waals surface area contributed by atoms with E-state index in [1.165, 1.54) is 20.3 Å².